The Morgan fingerprint density at radius 3 is 2.55 bits per heavy atom. The van der Waals surface area contributed by atoms with E-state index in [0.29, 0.717) is 21.5 Å². The zero-order chi connectivity index (χ0) is 23.2. The van der Waals surface area contributed by atoms with E-state index in [-0.39, 0.29) is 17.5 Å². The van der Waals surface area contributed by atoms with Crippen LogP contribution in [-0.2, 0) is 4.79 Å². The summed E-state index contributed by atoms with van der Waals surface area (Å²) in [4.78, 5) is 25.5. The SMILES string of the molecule is COc1ccc(Cl)cc1NC(=O)CSc1cc(N2CCN(c3ccc(F)cc3)CC2)ncn1. The van der Waals surface area contributed by atoms with Crippen LogP contribution >= 0.6 is 23.4 Å². The minimum absolute atomic E-state index is 0.185. The van der Waals surface area contributed by atoms with E-state index in [2.05, 4.69) is 25.1 Å². The van der Waals surface area contributed by atoms with Crippen molar-refractivity contribution in [3.63, 3.8) is 0 Å². The largest absolute Gasteiger partial charge is 0.495 e. The van der Waals surface area contributed by atoms with Gasteiger partial charge in [0.05, 0.1) is 18.6 Å². The topological polar surface area (TPSA) is 70.6 Å². The number of thioether (sulfide) groups is 1. The molecule has 33 heavy (non-hydrogen) atoms. The number of nitrogens with zero attached hydrogens (tertiary/aromatic N) is 4. The van der Waals surface area contributed by atoms with Gasteiger partial charge in [0.2, 0.25) is 5.91 Å². The number of hydrogen-bond donors (Lipinski definition) is 1. The van der Waals surface area contributed by atoms with Gasteiger partial charge < -0.3 is 19.9 Å². The molecule has 4 rings (SSSR count). The molecule has 10 heteroatoms. The van der Waals surface area contributed by atoms with Gasteiger partial charge >= 0.3 is 0 Å². The first-order valence-electron chi connectivity index (χ1n) is 10.4. The summed E-state index contributed by atoms with van der Waals surface area (Å²) in [5, 5.41) is 4.05. The van der Waals surface area contributed by atoms with E-state index in [1.165, 1.54) is 37.3 Å². The first-order valence-corrected chi connectivity index (χ1v) is 11.7. The highest BCUT2D eigenvalue weighted by Crippen LogP contribution is 2.28. The molecule has 3 aromatic rings. The van der Waals surface area contributed by atoms with E-state index in [0.717, 1.165) is 37.7 Å². The van der Waals surface area contributed by atoms with Gasteiger partial charge in [0, 0.05) is 43.0 Å². The summed E-state index contributed by atoms with van der Waals surface area (Å²) in [5.41, 5.74) is 1.54. The number of carbonyl (C=O) groups is 1. The van der Waals surface area contributed by atoms with E-state index < -0.39 is 0 Å². The maximum absolute atomic E-state index is 13.2. The standard InChI is InChI=1S/C23H23ClFN5O2S/c1-32-20-7-2-16(24)12-19(20)28-22(31)14-33-23-13-21(26-15-27-23)30-10-8-29(9-11-30)18-5-3-17(25)4-6-18/h2-7,12-13,15H,8-11,14H2,1H3,(H,28,31). The molecule has 0 saturated carbocycles. The first kappa shape index (κ1) is 23.1. The zero-order valence-electron chi connectivity index (χ0n) is 18.0. The number of halogens is 2. The van der Waals surface area contributed by atoms with Gasteiger partial charge in [-0.3, -0.25) is 4.79 Å². The molecule has 0 unspecified atom stereocenters. The van der Waals surface area contributed by atoms with Crippen LogP contribution in [0.4, 0.5) is 21.6 Å². The van der Waals surface area contributed by atoms with Crippen LogP contribution in [-0.4, -0.2) is 54.9 Å². The quantitative estimate of drug-likeness (QED) is 0.392. The molecular formula is C23H23ClFN5O2S. The van der Waals surface area contributed by atoms with Crippen molar-refractivity contribution in [1.82, 2.24) is 9.97 Å². The molecule has 1 aliphatic heterocycles. The molecule has 0 bridgehead atoms. The smallest absolute Gasteiger partial charge is 0.234 e. The van der Waals surface area contributed by atoms with Crippen LogP contribution in [0.25, 0.3) is 0 Å². The minimum atomic E-state index is -0.233. The number of anilines is 3. The van der Waals surface area contributed by atoms with Crippen molar-refractivity contribution in [2.45, 2.75) is 5.03 Å². The van der Waals surface area contributed by atoms with Crippen LogP contribution in [0.1, 0.15) is 0 Å². The summed E-state index contributed by atoms with van der Waals surface area (Å²) in [7, 11) is 1.54. The summed E-state index contributed by atoms with van der Waals surface area (Å²) in [6.07, 6.45) is 1.52. The Labute approximate surface area is 200 Å². The van der Waals surface area contributed by atoms with Crippen LogP contribution in [0.15, 0.2) is 59.9 Å². The van der Waals surface area contributed by atoms with Crippen LogP contribution < -0.4 is 19.9 Å². The number of amides is 1. The van der Waals surface area contributed by atoms with Crippen molar-refractivity contribution in [2.24, 2.45) is 0 Å². The summed E-state index contributed by atoms with van der Waals surface area (Å²) < 4.78 is 18.4. The number of nitrogens with one attached hydrogen (secondary N) is 1. The number of benzene rings is 2. The van der Waals surface area contributed by atoms with Crippen LogP contribution in [0.3, 0.4) is 0 Å². The lowest BCUT2D eigenvalue weighted by Crippen LogP contribution is -2.46. The fraction of sp³-hybridized carbons (Fsp3) is 0.261. The monoisotopic (exact) mass is 487 g/mol. The van der Waals surface area contributed by atoms with Gasteiger partial charge in [-0.15, -0.1) is 0 Å². The lowest BCUT2D eigenvalue weighted by atomic mass is 10.2. The van der Waals surface area contributed by atoms with Crippen molar-refractivity contribution < 1.29 is 13.9 Å². The molecule has 2 heterocycles. The normalized spacial score (nSPS) is 13.7. The number of rotatable bonds is 7. The van der Waals surface area contributed by atoms with E-state index in [1.54, 1.807) is 30.3 Å². The van der Waals surface area contributed by atoms with Gasteiger partial charge in [-0.25, -0.2) is 14.4 Å². The number of carbonyl (C=O) groups excluding carboxylic acids is 1. The summed E-state index contributed by atoms with van der Waals surface area (Å²) in [5.74, 6) is 1.13. The van der Waals surface area contributed by atoms with Crippen molar-refractivity contribution in [1.29, 1.82) is 0 Å². The van der Waals surface area contributed by atoms with Gasteiger partial charge in [0.25, 0.3) is 0 Å². The zero-order valence-corrected chi connectivity index (χ0v) is 19.6. The average Bonchev–Trinajstić information content (AvgIpc) is 2.84. The van der Waals surface area contributed by atoms with Gasteiger partial charge in [0.1, 0.15) is 28.7 Å². The van der Waals surface area contributed by atoms with Crippen molar-refractivity contribution >= 4 is 46.5 Å². The molecule has 1 fully saturated rings. The second-order valence-corrected chi connectivity index (χ2v) is 8.78. The molecule has 0 atom stereocenters. The van der Waals surface area contributed by atoms with Crippen molar-refractivity contribution in [2.75, 3.05) is 54.2 Å². The number of hydrogen-bond acceptors (Lipinski definition) is 7. The van der Waals surface area contributed by atoms with E-state index in [9.17, 15) is 9.18 Å². The highest BCUT2D eigenvalue weighted by Gasteiger charge is 2.19. The molecule has 0 radical (unpaired) electrons. The number of aromatic nitrogens is 2. The van der Waals surface area contributed by atoms with E-state index >= 15 is 0 Å². The predicted octanol–water partition coefficient (Wildman–Crippen LogP) is 4.34. The van der Waals surface area contributed by atoms with Crippen molar-refractivity contribution in [3.05, 3.63) is 65.7 Å². The lowest BCUT2D eigenvalue weighted by molar-refractivity contribution is -0.113. The maximum atomic E-state index is 13.2. The van der Waals surface area contributed by atoms with E-state index in [1.807, 2.05) is 6.07 Å². The summed E-state index contributed by atoms with van der Waals surface area (Å²) in [6, 6.07) is 13.5. The van der Waals surface area contributed by atoms with Crippen LogP contribution in [0, 0.1) is 5.82 Å². The molecule has 172 valence electrons. The lowest BCUT2D eigenvalue weighted by Gasteiger charge is -2.36. The third-order valence-electron chi connectivity index (χ3n) is 5.21. The molecule has 1 N–H and O–H groups in total. The Kier molecular flexibility index (Phi) is 7.51. The molecule has 1 amide bonds. The fourth-order valence-electron chi connectivity index (χ4n) is 3.53. The van der Waals surface area contributed by atoms with E-state index in [4.69, 9.17) is 16.3 Å². The van der Waals surface area contributed by atoms with Gasteiger partial charge in [-0.05, 0) is 42.5 Å². The third kappa shape index (κ3) is 6.06. The van der Waals surface area contributed by atoms with Gasteiger partial charge in [-0.1, -0.05) is 23.4 Å². The molecular weight excluding hydrogens is 465 g/mol. The fourth-order valence-corrected chi connectivity index (χ4v) is 4.36. The van der Waals surface area contributed by atoms with Gasteiger partial charge in [0.15, 0.2) is 0 Å². The van der Waals surface area contributed by atoms with Crippen molar-refractivity contribution in [3.8, 4) is 5.75 Å². The molecule has 2 aromatic carbocycles. The summed E-state index contributed by atoms with van der Waals surface area (Å²) >= 11 is 7.35. The molecule has 1 aliphatic rings. The molecule has 7 nitrogen and oxygen atoms in total. The summed E-state index contributed by atoms with van der Waals surface area (Å²) in [6.45, 7) is 3.19. The average molecular weight is 488 g/mol. The Bertz CT molecular complexity index is 1110. The number of piperazine rings is 1. The Morgan fingerprint density at radius 2 is 1.82 bits per heavy atom. The Morgan fingerprint density at radius 1 is 1.09 bits per heavy atom. The van der Waals surface area contributed by atoms with Gasteiger partial charge in [-0.2, -0.15) is 0 Å². The highest BCUT2D eigenvalue weighted by molar-refractivity contribution is 7.99. The highest BCUT2D eigenvalue weighted by atomic mass is 35.5. The predicted molar refractivity (Wildman–Crippen MR) is 130 cm³/mol. The number of ether oxygens (including phenoxy) is 1. The molecule has 1 saturated heterocycles. The molecule has 0 aliphatic carbocycles. The molecule has 0 spiro atoms. The second-order valence-electron chi connectivity index (χ2n) is 7.35. The number of methoxy groups -OCH3 is 1. The minimum Gasteiger partial charge on any atom is -0.495 e. The first-order chi connectivity index (χ1) is 16.0. The Balaban J connectivity index is 1.31. The van der Waals surface area contributed by atoms with Crippen LogP contribution in [0.2, 0.25) is 5.02 Å². The maximum Gasteiger partial charge on any atom is 0.234 e. The third-order valence-corrected chi connectivity index (χ3v) is 6.37. The second kappa shape index (κ2) is 10.7. The Hall–Kier alpha value is -3.04. The molecule has 1 aromatic heterocycles. The van der Waals surface area contributed by atoms with Crippen LogP contribution in [0.5, 0.6) is 5.75 Å².